The second-order valence-corrected chi connectivity index (χ2v) is 6.59. The van der Waals surface area contributed by atoms with Crippen LogP contribution in [0.5, 0.6) is 0 Å². The van der Waals surface area contributed by atoms with Crippen molar-refractivity contribution in [1.82, 2.24) is 15.3 Å². The van der Waals surface area contributed by atoms with Gasteiger partial charge >= 0.3 is 12.4 Å². The number of nitrogens with one attached hydrogen (secondary N) is 2. The van der Waals surface area contributed by atoms with Gasteiger partial charge in [-0.25, -0.2) is 9.97 Å². The second-order valence-electron chi connectivity index (χ2n) is 6.59. The Bertz CT molecular complexity index is 866. The van der Waals surface area contributed by atoms with Crippen molar-refractivity contribution in [3.63, 3.8) is 0 Å². The van der Waals surface area contributed by atoms with E-state index in [0.717, 1.165) is 18.3 Å². The van der Waals surface area contributed by atoms with E-state index in [9.17, 15) is 31.1 Å². The Morgan fingerprint density at radius 2 is 1.62 bits per heavy atom. The molecule has 3 rings (SSSR count). The van der Waals surface area contributed by atoms with E-state index in [0.29, 0.717) is 25.5 Å². The lowest BCUT2D eigenvalue weighted by Crippen LogP contribution is -2.44. The third-order valence-corrected chi connectivity index (χ3v) is 4.59. The van der Waals surface area contributed by atoms with Crippen LogP contribution >= 0.6 is 0 Å². The summed E-state index contributed by atoms with van der Waals surface area (Å²) >= 11 is 0. The van der Waals surface area contributed by atoms with E-state index >= 15 is 0 Å². The lowest BCUT2D eigenvalue weighted by atomic mass is 10.1. The number of rotatable bonds is 4. The normalized spacial score (nSPS) is 19.8. The molecule has 1 saturated carbocycles. The summed E-state index contributed by atoms with van der Waals surface area (Å²) in [7, 11) is 0. The number of amides is 1. The molecule has 11 heteroatoms. The number of anilines is 1. The van der Waals surface area contributed by atoms with E-state index in [1.807, 2.05) is 0 Å². The average Bonchev–Trinajstić information content (AvgIpc) is 3.07. The van der Waals surface area contributed by atoms with Crippen molar-refractivity contribution in [2.24, 2.45) is 0 Å². The van der Waals surface area contributed by atoms with E-state index in [4.69, 9.17) is 0 Å². The molecule has 0 spiro atoms. The zero-order valence-electron chi connectivity index (χ0n) is 14.8. The first-order valence-electron chi connectivity index (χ1n) is 8.68. The molecule has 1 aromatic heterocycles. The maximum atomic E-state index is 13.1. The Hall–Kier alpha value is -2.85. The fraction of sp³-hybridized carbons (Fsp3) is 0.389. The number of carbonyl (C=O) groups excluding carboxylic acids is 1. The molecular formula is C18H16F6N4O. The fourth-order valence-corrected chi connectivity index (χ4v) is 3.22. The molecule has 0 aliphatic heterocycles. The van der Waals surface area contributed by atoms with Gasteiger partial charge in [-0.05, 0) is 31.4 Å². The third kappa shape index (κ3) is 4.96. The lowest BCUT2D eigenvalue weighted by Gasteiger charge is -2.23. The van der Waals surface area contributed by atoms with Gasteiger partial charge in [0.05, 0.1) is 23.5 Å². The van der Waals surface area contributed by atoms with Crippen LogP contribution in [0.1, 0.15) is 40.9 Å². The van der Waals surface area contributed by atoms with E-state index in [2.05, 4.69) is 20.6 Å². The van der Waals surface area contributed by atoms with E-state index in [1.165, 1.54) is 12.1 Å². The Morgan fingerprint density at radius 3 is 2.24 bits per heavy atom. The Labute approximate surface area is 161 Å². The molecule has 0 bridgehead atoms. The number of aromatic nitrogens is 2. The molecule has 5 nitrogen and oxygen atoms in total. The van der Waals surface area contributed by atoms with Crippen molar-refractivity contribution in [1.29, 1.82) is 0 Å². The predicted molar refractivity (Wildman–Crippen MR) is 91.0 cm³/mol. The molecule has 0 saturated heterocycles. The van der Waals surface area contributed by atoms with E-state index in [-0.39, 0.29) is 5.82 Å². The SMILES string of the molecule is O=C(NC1CCC[C@@H]1Nc1cnc(C(F)(F)F)cn1)c1ccccc1C(F)(F)F. The van der Waals surface area contributed by atoms with Gasteiger partial charge in [0.1, 0.15) is 5.82 Å². The largest absolute Gasteiger partial charge is 0.434 e. The maximum absolute atomic E-state index is 13.1. The molecule has 1 amide bonds. The highest BCUT2D eigenvalue weighted by molar-refractivity contribution is 5.96. The quantitative estimate of drug-likeness (QED) is 0.728. The van der Waals surface area contributed by atoms with Gasteiger partial charge < -0.3 is 10.6 Å². The van der Waals surface area contributed by atoms with Crippen molar-refractivity contribution in [2.45, 2.75) is 43.7 Å². The molecule has 2 atom stereocenters. The van der Waals surface area contributed by atoms with Crippen LogP contribution in [0.2, 0.25) is 0 Å². The number of benzene rings is 1. The molecule has 1 aliphatic rings. The van der Waals surface area contributed by atoms with Crippen LogP contribution < -0.4 is 10.6 Å². The summed E-state index contributed by atoms with van der Waals surface area (Å²) in [5.74, 6) is -0.782. The molecule has 0 radical (unpaired) electrons. The molecular weight excluding hydrogens is 402 g/mol. The van der Waals surface area contributed by atoms with Gasteiger partial charge in [0.2, 0.25) is 0 Å². The molecule has 1 fully saturated rings. The highest BCUT2D eigenvalue weighted by Crippen LogP contribution is 2.32. The van der Waals surface area contributed by atoms with Crippen LogP contribution in [0.25, 0.3) is 0 Å². The van der Waals surface area contributed by atoms with Gasteiger partial charge in [0.25, 0.3) is 5.91 Å². The Morgan fingerprint density at radius 1 is 0.931 bits per heavy atom. The van der Waals surface area contributed by atoms with Gasteiger partial charge in [0, 0.05) is 12.1 Å². The summed E-state index contributed by atoms with van der Waals surface area (Å²) in [6.45, 7) is 0. The van der Waals surface area contributed by atoms with Gasteiger partial charge in [-0.2, -0.15) is 26.3 Å². The van der Waals surface area contributed by atoms with E-state index < -0.39 is 47.2 Å². The first kappa shape index (κ1) is 20.9. The number of halogens is 6. The topological polar surface area (TPSA) is 66.9 Å². The van der Waals surface area contributed by atoms with Crippen molar-refractivity contribution < 1.29 is 31.1 Å². The van der Waals surface area contributed by atoms with Gasteiger partial charge in [-0.15, -0.1) is 0 Å². The number of nitrogens with zero attached hydrogens (tertiary/aromatic N) is 2. The van der Waals surface area contributed by atoms with Gasteiger partial charge in [-0.1, -0.05) is 12.1 Å². The molecule has 2 N–H and O–H groups in total. The molecule has 2 aromatic rings. The third-order valence-electron chi connectivity index (χ3n) is 4.59. The fourth-order valence-electron chi connectivity index (χ4n) is 3.22. The van der Waals surface area contributed by atoms with Crippen molar-refractivity contribution in [2.75, 3.05) is 5.32 Å². The second kappa shape index (κ2) is 7.88. The van der Waals surface area contributed by atoms with Crippen LogP contribution in [-0.4, -0.2) is 28.0 Å². The molecule has 1 heterocycles. The highest BCUT2D eigenvalue weighted by atomic mass is 19.4. The Kier molecular flexibility index (Phi) is 5.67. The predicted octanol–water partition coefficient (Wildman–Crippen LogP) is 4.28. The maximum Gasteiger partial charge on any atom is 0.434 e. The number of carbonyl (C=O) groups is 1. The van der Waals surface area contributed by atoms with Crippen molar-refractivity contribution >= 4 is 11.7 Å². The van der Waals surface area contributed by atoms with Crippen LogP contribution in [0, 0.1) is 0 Å². The first-order valence-corrected chi connectivity index (χ1v) is 8.68. The molecule has 1 aliphatic carbocycles. The Balaban J connectivity index is 1.70. The minimum atomic E-state index is -4.67. The van der Waals surface area contributed by atoms with Crippen LogP contribution in [0.15, 0.2) is 36.7 Å². The van der Waals surface area contributed by atoms with Gasteiger partial charge in [-0.3, -0.25) is 4.79 Å². The van der Waals surface area contributed by atoms with Crippen molar-refractivity contribution in [3.8, 4) is 0 Å². The zero-order valence-corrected chi connectivity index (χ0v) is 14.8. The van der Waals surface area contributed by atoms with Crippen LogP contribution in [0.4, 0.5) is 32.2 Å². The molecule has 1 aromatic carbocycles. The molecule has 156 valence electrons. The zero-order chi connectivity index (χ0) is 21.2. The summed E-state index contributed by atoms with van der Waals surface area (Å²) in [5.41, 5.74) is -2.66. The summed E-state index contributed by atoms with van der Waals surface area (Å²) in [6.07, 6.45) is -6.01. The molecule has 1 unspecified atom stereocenters. The molecule has 29 heavy (non-hydrogen) atoms. The van der Waals surface area contributed by atoms with Crippen LogP contribution in [0.3, 0.4) is 0 Å². The smallest absolute Gasteiger partial charge is 0.364 e. The summed E-state index contributed by atoms with van der Waals surface area (Å²) in [6, 6.07) is 3.55. The van der Waals surface area contributed by atoms with Gasteiger partial charge in [0.15, 0.2) is 5.69 Å². The van der Waals surface area contributed by atoms with Crippen molar-refractivity contribution in [3.05, 3.63) is 53.5 Å². The summed E-state index contributed by atoms with van der Waals surface area (Å²) in [4.78, 5) is 19.4. The minimum Gasteiger partial charge on any atom is -0.364 e. The number of alkyl halides is 6. The monoisotopic (exact) mass is 418 g/mol. The first-order chi connectivity index (χ1) is 13.6. The number of hydrogen-bond acceptors (Lipinski definition) is 4. The summed E-state index contributed by atoms with van der Waals surface area (Å²) in [5, 5.41) is 5.48. The van der Waals surface area contributed by atoms with E-state index in [1.54, 1.807) is 0 Å². The lowest BCUT2D eigenvalue weighted by molar-refractivity contribution is -0.141. The van der Waals surface area contributed by atoms with Crippen LogP contribution in [-0.2, 0) is 12.4 Å². The minimum absolute atomic E-state index is 0.0832. The summed E-state index contributed by atoms with van der Waals surface area (Å²) < 4.78 is 77.0. The highest BCUT2D eigenvalue weighted by Gasteiger charge is 2.37. The average molecular weight is 418 g/mol. The number of hydrogen-bond donors (Lipinski definition) is 2. The standard InChI is InChI=1S/C18H16F6N4O/c19-17(20,21)11-5-2-1-4-10(11)16(29)28-13-7-3-6-12(13)27-15-9-25-14(8-26-15)18(22,23)24/h1-2,4-5,8-9,12-13H,3,6-7H2,(H,26,27)(H,28,29)/t12-,13?/m0/s1.